The van der Waals surface area contributed by atoms with Crippen molar-refractivity contribution in [3.8, 4) is 0 Å². The Labute approximate surface area is 128 Å². The molecule has 0 saturated carbocycles. The molecule has 2 aromatic heterocycles. The van der Waals surface area contributed by atoms with Crippen molar-refractivity contribution in [1.82, 2.24) is 25.4 Å². The van der Waals surface area contributed by atoms with E-state index in [1.165, 1.54) is 31.9 Å². The van der Waals surface area contributed by atoms with Crippen LogP contribution in [-0.4, -0.2) is 32.4 Å². The number of aromatic amines is 1. The number of amides is 1. The third-order valence-corrected chi connectivity index (χ3v) is 3.24. The second-order valence-corrected chi connectivity index (χ2v) is 5.10. The molecule has 0 aliphatic carbocycles. The highest BCUT2D eigenvalue weighted by atomic mass is 16.6. The number of nitrogens with zero attached hydrogens (tertiary/aromatic N) is 3. The van der Waals surface area contributed by atoms with Crippen molar-refractivity contribution < 1.29 is 9.63 Å². The van der Waals surface area contributed by atoms with Crippen LogP contribution in [-0.2, 0) is 4.84 Å². The summed E-state index contributed by atoms with van der Waals surface area (Å²) < 4.78 is 0. The summed E-state index contributed by atoms with van der Waals surface area (Å²) in [6.07, 6.45) is 8.48. The van der Waals surface area contributed by atoms with Gasteiger partial charge in [0.25, 0.3) is 0 Å². The van der Waals surface area contributed by atoms with Crippen LogP contribution in [0.5, 0.6) is 0 Å². The minimum Gasteiger partial charge on any atom is -0.368 e. The maximum atomic E-state index is 11.9. The first-order valence-electron chi connectivity index (χ1n) is 7.61. The highest BCUT2D eigenvalue weighted by Gasteiger charge is 2.12. The molecule has 4 N–H and O–H groups in total. The van der Waals surface area contributed by atoms with E-state index in [-0.39, 0.29) is 11.8 Å². The highest BCUT2D eigenvalue weighted by molar-refractivity contribution is 5.92. The number of aromatic nitrogens is 4. The Hall–Kier alpha value is -2.22. The smallest absolute Gasteiger partial charge is 0.310 e. The van der Waals surface area contributed by atoms with Gasteiger partial charge in [-0.05, 0) is 6.42 Å². The molecule has 0 saturated heterocycles. The van der Waals surface area contributed by atoms with Crippen LogP contribution < -0.4 is 11.2 Å². The Balaban J connectivity index is 1.70. The molecule has 8 nitrogen and oxygen atoms in total. The number of nitrogen functional groups attached to an aromatic ring is 1. The standard InChI is InChI=1S/C14H22N6O2/c1-2-3-4-5-6-7-8-22-20-13(21)12-17-10-9-16-14(15)19-11(10)18-12/h9H,2-8H2,1H3,(H,20,21)(H3,15,16,17,18,19). The van der Waals surface area contributed by atoms with Crippen LogP contribution in [0.1, 0.15) is 56.1 Å². The van der Waals surface area contributed by atoms with Crippen LogP contribution in [0.25, 0.3) is 11.2 Å². The zero-order chi connectivity index (χ0) is 15.8. The molecular formula is C14H22N6O2. The van der Waals surface area contributed by atoms with E-state index in [0.717, 1.165) is 12.8 Å². The van der Waals surface area contributed by atoms with E-state index in [2.05, 4.69) is 32.3 Å². The summed E-state index contributed by atoms with van der Waals surface area (Å²) in [6.45, 7) is 2.68. The van der Waals surface area contributed by atoms with Crippen molar-refractivity contribution in [3.05, 3.63) is 12.0 Å². The summed E-state index contributed by atoms with van der Waals surface area (Å²) in [6, 6.07) is 0. The molecule has 2 aromatic rings. The van der Waals surface area contributed by atoms with Crippen molar-refractivity contribution >= 4 is 23.0 Å². The number of carbonyl (C=O) groups is 1. The van der Waals surface area contributed by atoms with E-state index in [1.54, 1.807) is 0 Å². The number of nitrogens with one attached hydrogen (secondary N) is 2. The van der Waals surface area contributed by atoms with E-state index < -0.39 is 5.91 Å². The van der Waals surface area contributed by atoms with Gasteiger partial charge < -0.3 is 10.7 Å². The number of fused-ring (bicyclic) bond motifs is 1. The number of nitrogens with two attached hydrogens (primary N) is 1. The first-order valence-corrected chi connectivity index (χ1v) is 7.61. The van der Waals surface area contributed by atoms with Gasteiger partial charge in [0.15, 0.2) is 5.65 Å². The molecule has 8 heteroatoms. The van der Waals surface area contributed by atoms with Crippen LogP contribution in [0, 0.1) is 0 Å². The van der Waals surface area contributed by atoms with Gasteiger partial charge >= 0.3 is 5.91 Å². The summed E-state index contributed by atoms with van der Waals surface area (Å²) in [4.78, 5) is 31.6. The molecule has 2 rings (SSSR count). The van der Waals surface area contributed by atoms with Crippen molar-refractivity contribution in [2.75, 3.05) is 12.3 Å². The molecule has 0 spiro atoms. The maximum Gasteiger partial charge on any atom is 0.310 e. The molecule has 0 radical (unpaired) electrons. The summed E-state index contributed by atoms with van der Waals surface area (Å²) >= 11 is 0. The van der Waals surface area contributed by atoms with Gasteiger partial charge in [0.1, 0.15) is 5.52 Å². The molecule has 0 aliphatic heterocycles. The Morgan fingerprint density at radius 3 is 2.86 bits per heavy atom. The summed E-state index contributed by atoms with van der Waals surface area (Å²) in [5, 5.41) is 0. The van der Waals surface area contributed by atoms with Crippen molar-refractivity contribution in [2.24, 2.45) is 0 Å². The van der Waals surface area contributed by atoms with Crippen LogP contribution in [0.3, 0.4) is 0 Å². The van der Waals surface area contributed by atoms with Gasteiger partial charge in [-0.1, -0.05) is 39.0 Å². The van der Waals surface area contributed by atoms with Crippen molar-refractivity contribution in [2.45, 2.75) is 45.4 Å². The SMILES string of the molecule is CCCCCCCCONC(=O)c1nc2nc(N)ncc2[nH]1. The summed E-state index contributed by atoms with van der Waals surface area (Å²) in [5.41, 5.74) is 8.74. The number of hydroxylamine groups is 1. The van der Waals surface area contributed by atoms with Crippen molar-refractivity contribution in [1.29, 1.82) is 0 Å². The number of hydrogen-bond acceptors (Lipinski definition) is 6. The number of anilines is 1. The lowest BCUT2D eigenvalue weighted by atomic mass is 10.1. The molecule has 0 unspecified atom stereocenters. The predicted molar refractivity (Wildman–Crippen MR) is 82.9 cm³/mol. The quantitative estimate of drug-likeness (QED) is 0.481. The van der Waals surface area contributed by atoms with E-state index in [9.17, 15) is 4.79 Å². The number of carbonyl (C=O) groups excluding carboxylic acids is 1. The van der Waals surface area contributed by atoms with Gasteiger partial charge in [0.2, 0.25) is 11.8 Å². The normalized spacial score (nSPS) is 11.0. The van der Waals surface area contributed by atoms with Crippen LogP contribution in [0.4, 0.5) is 5.95 Å². The van der Waals surface area contributed by atoms with Gasteiger partial charge in [-0.15, -0.1) is 0 Å². The minimum absolute atomic E-state index is 0.116. The number of rotatable bonds is 9. The molecule has 0 aromatic carbocycles. The minimum atomic E-state index is -0.442. The van der Waals surface area contributed by atoms with E-state index in [1.807, 2.05) is 0 Å². The number of hydrogen-bond donors (Lipinski definition) is 3. The molecule has 22 heavy (non-hydrogen) atoms. The Bertz CT molecular complexity index is 612. The van der Waals surface area contributed by atoms with Gasteiger partial charge in [-0.2, -0.15) is 4.98 Å². The molecule has 2 heterocycles. The Morgan fingerprint density at radius 2 is 2.05 bits per heavy atom. The number of unbranched alkanes of at least 4 members (excludes halogenated alkanes) is 5. The average molecular weight is 306 g/mol. The average Bonchev–Trinajstić information content (AvgIpc) is 2.93. The molecule has 0 aliphatic rings. The van der Waals surface area contributed by atoms with Crippen LogP contribution >= 0.6 is 0 Å². The summed E-state index contributed by atoms with van der Waals surface area (Å²) in [5.74, 6) is -0.203. The molecule has 0 fully saturated rings. The number of imidazole rings is 1. The third-order valence-electron chi connectivity index (χ3n) is 3.24. The monoisotopic (exact) mass is 306 g/mol. The second-order valence-electron chi connectivity index (χ2n) is 5.10. The molecule has 0 atom stereocenters. The predicted octanol–water partition coefficient (Wildman–Crippen LogP) is 1.96. The van der Waals surface area contributed by atoms with Gasteiger partial charge in [0.05, 0.1) is 12.8 Å². The topological polar surface area (TPSA) is 119 Å². The maximum absolute atomic E-state index is 11.9. The van der Waals surface area contributed by atoms with Gasteiger partial charge in [-0.3, -0.25) is 9.63 Å². The van der Waals surface area contributed by atoms with E-state index in [0.29, 0.717) is 17.8 Å². The zero-order valence-electron chi connectivity index (χ0n) is 12.8. The van der Waals surface area contributed by atoms with Gasteiger partial charge in [0, 0.05) is 0 Å². The Kier molecular flexibility index (Phi) is 6.08. The Morgan fingerprint density at radius 1 is 1.27 bits per heavy atom. The first kappa shape index (κ1) is 16.2. The largest absolute Gasteiger partial charge is 0.368 e. The first-order chi connectivity index (χ1) is 10.7. The van der Waals surface area contributed by atoms with Gasteiger partial charge in [-0.25, -0.2) is 15.4 Å². The van der Waals surface area contributed by atoms with E-state index in [4.69, 9.17) is 10.6 Å². The molecule has 120 valence electrons. The van der Waals surface area contributed by atoms with Crippen LogP contribution in [0.2, 0.25) is 0 Å². The molecule has 0 bridgehead atoms. The van der Waals surface area contributed by atoms with Crippen molar-refractivity contribution in [3.63, 3.8) is 0 Å². The summed E-state index contributed by atoms with van der Waals surface area (Å²) in [7, 11) is 0. The fourth-order valence-corrected chi connectivity index (χ4v) is 2.05. The lowest BCUT2D eigenvalue weighted by Crippen LogP contribution is -2.25. The van der Waals surface area contributed by atoms with Crippen LogP contribution in [0.15, 0.2) is 6.20 Å². The van der Waals surface area contributed by atoms with E-state index >= 15 is 0 Å². The fourth-order valence-electron chi connectivity index (χ4n) is 2.05. The fraction of sp³-hybridized carbons (Fsp3) is 0.571. The zero-order valence-corrected chi connectivity index (χ0v) is 12.8. The third kappa shape index (κ3) is 4.66. The second kappa shape index (κ2) is 8.28. The highest BCUT2D eigenvalue weighted by Crippen LogP contribution is 2.08. The lowest BCUT2D eigenvalue weighted by molar-refractivity contribution is 0.0289. The molecule has 1 amide bonds. The number of H-pyrrole nitrogens is 1. The lowest BCUT2D eigenvalue weighted by Gasteiger charge is -2.04. The molecular weight excluding hydrogens is 284 g/mol.